The van der Waals surface area contributed by atoms with Crippen molar-refractivity contribution >= 4 is 16.9 Å². The summed E-state index contributed by atoms with van der Waals surface area (Å²) < 4.78 is 36.9. The van der Waals surface area contributed by atoms with Crippen LogP contribution in [0, 0.1) is 6.92 Å². The number of alkyl halides is 2. The topological polar surface area (TPSA) is 61.2 Å². The number of anilines is 1. The van der Waals surface area contributed by atoms with Crippen LogP contribution in [0.2, 0.25) is 0 Å². The monoisotopic (exact) mass is 362 g/mol. The molecule has 2 aromatic heterocycles. The summed E-state index contributed by atoms with van der Waals surface area (Å²) in [7, 11) is 1.63. The Hall–Kier alpha value is -2.74. The molecule has 2 heterocycles. The third-order valence-corrected chi connectivity index (χ3v) is 3.85. The third-order valence-electron chi connectivity index (χ3n) is 3.85. The average molecular weight is 362 g/mol. The summed E-state index contributed by atoms with van der Waals surface area (Å²) in [5.41, 5.74) is 2.23. The summed E-state index contributed by atoms with van der Waals surface area (Å²) in [5.74, 6) is 1.49. The minimum atomic E-state index is -2.87. The van der Waals surface area contributed by atoms with Gasteiger partial charge >= 0.3 is 6.61 Å². The molecule has 6 nitrogen and oxygen atoms in total. The summed E-state index contributed by atoms with van der Waals surface area (Å²) in [4.78, 5) is 8.91. The standard InChI is InChI=1S/C18H20F2N4O2/c1-12-22-14-7-9-24(16(14)17(23-12)21-8-10-25-2)11-13-5-3-4-6-15(13)26-18(19)20/h3-7,9,18H,8,10-11H2,1-2H3,(H,21,22,23). The molecule has 0 unspecified atom stereocenters. The number of hydrogen-bond acceptors (Lipinski definition) is 5. The molecule has 0 amide bonds. The molecule has 1 aromatic carbocycles. The highest BCUT2D eigenvalue weighted by molar-refractivity contribution is 5.86. The number of hydrogen-bond donors (Lipinski definition) is 1. The van der Waals surface area contributed by atoms with E-state index in [2.05, 4.69) is 20.0 Å². The van der Waals surface area contributed by atoms with Gasteiger partial charge in [-0.05, 0) is 19.1 Å². The normalized spacial score (nSPS) is 11.3. The molecule has 0 saturated heterocycles. The zero-order valence-corrected chi connectivity index (χ0v) is 14.6. The number of rotatable bonds is 8. The van der Waals surface area contributed by atoms with E-state index in [0.29, 0.717) is 36.9 Å². The summed E-state index contributed by atoms with van der Waals surface area (Å²) in [5, 5.41) is 3.24. The van der Waals surface area contributed by atoms with Crippen molar-refractivity contribution < 1.29 is 18.3 Å². The first-order valence-electron chi connectivity index (χ1n) is 8.17. The van der Waals surface area contributed by atoms with Gasteiger partial charge in [-0.2, -0.15) is 8.78 Å². The van der Waals surface area contributed by atoms with Crippen molar-refractivity contribution in [1.82, 2.24) is 14.5 Å². The van der Waals surface area contributed by atoms with Crippen LogP contribution in [0.3, 0.4) is 0 Å². The maximum atomic E-state index is 12.6. The molecular weight excluding hydrogens is 342 g/mol. The minimum absolute atomic E-state index is 0.159. The van der Waals surface area contributed by atoms with Crippen LogP contribution in [0.1, 0.15) is 11.4 Å². The summed E-state index contributed by atoms with van der Waals surface area (Å²) in [6.07, 6.45) is 1.86. The van der Waals surface area contributed by atoms with Crippen LogP contribution >= 0.6 is 0 Å². The van der Waals surface area contributed by atoms with Gasteiger partial charge < -0.3 is 19.4 Å². The van der Waals surface area contributed by atoms with E-state index in [1.165, 1.54) is 6.07 Å². The molecule has 0 bridgehead atoms. The van der Waals surface area contributed by atoms with Crippen molar-refractivity contribution in [1.29, 1.82) is 0 Å². The lowest BCUT2D eigenvalue weighted by molar-refractivity contribution is -0.0504. The first-order valence-corrected chi connectivity index (χ1v) is 8.17. The zero-order chi connectivity index (χ0) is 18.5. The van der Waals surface area contributed by atoms with E-state index in [-0.39, 0.29) is 5.75 Å². The Morgan fingerprint density at radius 3 is 2.77 bits per heavy atom. The van der Waals surface area contributed by atoms with E-state index >= 15 is 0 Å². The fourth-order valence-corrected chi connectivity index (χ4v) is 2.78. The van der Waals surface area contributed by atoms with Crippen molar-refractivity contribution in [3.8, 4) is 5.75 Å². The largest absolute Gasteiger partial charge is 0.434 e. The smallest absolute Gasteiger partial charge is 0.387 e. The maximum Gasteiger partial charge on any atom is 0.387 e. The molecule has 0 aliphatic heterocycles. The fraction of sp³-hybridized carbons (Fsp3) is 0.333. The molecule has 0 fully saturated rings. The summed E-state index contributed by atoms with van der Waals surface area (Å²) in [6, 6.07) is 8.63. The highest BCUT2D eigenvalue weighted by Crippen LogP contribution is 2.26. The molecule has 8 heteroatoms. The van der Waals surface area contributed by atoms with Gasteiger partial charge in [0.25, 0.3) is 0 Å². The van der Waals surface area contributed by atoms with E-state index in [1.54, 1.807) is 25.3 Å². The van der Waals surface area contributed by atoms with Gasteiger partial charge in [0.05, 0.1) is 18.7 Å². The van der Waals surface area contributed by atoms with E-state index < -0.39 is 6.61 Å². The first kappa shape index (κ1) is 18.1. The van der Waals surface area contributed by atoms with Crippen LogP contribution in [0.15, 0.2) is 36.5 Å². The predicted octanol–water partition coefficient (Wildman–Crippen LogP) is 3.45. The number of halogens is 2. The third kappa shape index (κ3) is 4.08. The second kappa shape index (κ2) is 8.09. The van der Waals surface area contributed by atoms with E-state index in [1.807, 2.05) is 23.8 Å². The molecule has 138 valence electrons. The number of methoxy groups -OCH3 is 1. The lowest BCUT2D eigenvalue weighted by Gasteiger charge is -2.14. The van der Waals surface area contributed by atoms with E-state index in [4.69, 9.17) is 4.74 Å². The zero-order valence-electron chi connectivity index (χ0n) is 14.6. The van der Waals surface area contributed by atoms with Gasteiger partial charge in [-0.1, -0.05) is 18.2 Å². The summed E-state index contributed by atoms with van der Waals surface area (Å²) >= 11 is 0. The Labute approximate surface area is 149 Å². The molecule has 3 rings (SSSR count). The van der Waals surface area contributed by atoms with Gasteiger partial charge in [0.2, 0.25) is 0 Å². The van der Waals surface area contributed by atoms with Crippen LogP contribution < -0.4 is 10.1 Å². The second-order valence-corrected chi connectivity index (χ2v) is 5.70. The molecule has 0 saturated carbocycles. The molecular formula is C18H20F2N4O2. The number of nitrogens with one attached hydrogen (secondary N) is 1. The lowest BCUT2D eigenvalue weighted by Crippen LogP contribution is -2.12. The molecule has 26 heavy (non-hydrogen) atoms. The van der Waals surface area contributed by atoms with Crippen LogP contribution in [-0.2, 0) is 11.3 Å². The van der Waals surface area contributed by atoms with Gasteiger partial charge in [0, 0.05) is 25.4 Å². The Balaban J connectivity index is 1.96. The van der Waals surface area contributed by atoms with Crippen LogP contribution in [0.4, 0.5) is 14.6 Å². The minimum Gasteiger partial charge on any atom is -0.434 e. The van der Waals surface area contributed by atoms with Gasteiger partial charge in [-0.3, -0.25) is 0 Å². The molecule has 0 radical (unpaired) electrons. The molecule has 0 aliphatic carbocycles. The van der Waals surface area contributed by atoms with Gasteiger partial charge in [-0.25, -0.2) is 9.97 Å². The van der Waals surface area contributed by atoms with Gasteiger partial charge in [0.1, 0.15) is 17.1 Å². The van der Waals surface area contributed by atoms with Crippen LogP contribution in [-0.4, -0.2) is 41.4 Å². The van der Waals surface area contributed by atoms with Crippen molar-refractivity contribution in [2.45, 2.75) is 20.1 Å². The maximum absolute atomic E-state index is 12.6. The highest BCUT2D eigenvalue weighted by Gasteiger charge is 2.14. The second-order valence-electron chi connectivity index (χ2n) is 5.70. The average Bonchev–Trinajstić information content (AvgIpc) is 2.99. The van der Waals surface area contributed by atoms with E-state index in [0.717, 1.165) is 11.0 Å². The predicted molar refractivity (Wildman–Crippen MR) is 94.8 cm³/mol. The lowest BCUT2D eigenvalue weighted by atomic mass is 10.2. The Kier molecular flexibility index (Phi) is 5.62. The quantitative estimate of drug-likeness (QED) is 0.622. The number of benzene rings is 1. The number of para-hydroxylation sites is 1. The number of aromatic nitrogens is 3. The van der Waals surface area contributed by atoms with Gasteiger partial charge in [-0.15, -0.1) is 0 Å². The van der Waals surface area contributed by atoms with Crippen LogP contribution in [0.25, 0.3) is 11.0 Å². The molecule has 0 aliphatic rings. The fourth-order valence-electron chi connectivity index (χ4n) is 2.78. The highest BCUT2D eigenvalue weighted by atomic mass is 19.3. The van der Waals surface area contributed by atoms with Crippen molar-refractivity contribution in [2.75, 3.05) is 25.6 Å². The number of fused-ring (bicyclic) bond motifs is 1. The Bertz CT molecular complexity index is 883. The molecule has 1 N–H and O–H groups in total. The Morgan fingerprint density at radius 1 is 1.19 bits per heavy atom. The van der Waals surface area contributed by atoms with Crippen molar-refractivity contribution in [3.63, 3.8) is 0 Å². The SMILES string of the molecule is COCCNc1nc(C)nc2ccn(Cc3ccccc3OC(F)F)c12. The van der Waals surface area contributed by atoms with E-state index in [9.17, 15) is 8.78 Å². The molecule has 0 spiro atoms. The van der Waals surface area contributed by atoms with Crippen LogP contribution in [0.5, 0.6) is 5.75 Å². The number of aryl methyl sites for hydroxylation is 1. The first-order chi connectivity index (χ1) is 12.6. The molecule has 3 aromatic rings. The molecule has 0 atom stereocenters. The van der Waals surface area contributed by atoms with Crippen molar-refractivity contribution in [3.05, 3.63) is 47.9 Å². The number of ether oxygens (including phenoxy) is 2. The Morgan fingerprint density at radius 2 is 2.00 bits per heavy atom. The number of nitrogens with zero attached hydrogens (tertiary/aromatic N) is 3. The summed E-state index contributed by atoms with van der Waals surface area (Å²) in [6.45, 7) is 0.450. The van der Waals surface area contributed by atoms with Crippen molar-refractivity contribution in [2.24, 2.45) is 0 Å². The van der Waals surface area contributed by atoms with Gasteiger partial charge in [0.15, 0.2) is 5.82 Å².